The summed E-state index contributed by atoms with van der Waals surface area (Å²) >= 11 is 0. The summed E-state index contributed by atoms with van der Waals surface area (Å²) < 4.78 is 11.1. The second-order valence-corrected chi connectivity index (χ2v) is 5.94. The molecule has 0 aromatic carbocycles. The molecule has 2 N–H and O–H groups in total. The van der Waals surface area contributed by atoms with E-state index < -0.39 is 11.5 Å². The predicted molar refractivity (Wildman–Crippen MR) is 75.8 cm³/mol. The number of rotatable bonds is 8. The van der Waals surface area contributed by atoms with Gasteiger partial charge in [0.25, 0.3) is 0 Å². The number of nitrogens with one attached hydrogen (secondary N) is 1. The molecule has 116 valence electrons. The number of ether oxygens (including phenoxy) is 2. The van der Waals surface area contributed by atoms with Gasteiger partial charge in [0.2, 0.25) is 0 Å². The highest BCUT2D eigenvalue weighted by Gasteiger charge is 2.48. The molecule has 1 saturated carbocycles. The highest BCUT2D eigenvalue weighted by molar-refractivity contribution is 5.79. The van der Waals surface area contributed by atoms with Crippen molar-refractivity contribution in [2.45, 2.75) is 57.1 Å². The maximum absolute atomic E-state index is 11.7. The zero-order valence-corrected chi connectivity index (χ0v) is 12.4. The van der Waals surface area contributed by atoms with E-state index in [1.807, 2.05) is 0 Å². The fourth-order valence-corrected chi connectivity index (χ4v) is 3.43. The number of hydrogen-bond acceptors (Lipinski definition) is 4. The fraction of sp³-hybridized carbons (Fsp3) is 0.933. The van der Waals surface area contributed by atoms with Crippen LogP contribution >= 0.6 is 0 Å². The van der Waals surface area contributed by atoms with Gasteiger partial charge in [0.05, 0.1) is 12.7 Å². The van der Waals surface area contributed by atoms with Gasteiger partial charge in [-0.2, -0.15) is 0 Å². The van der Waals surface area contributed by atoms with Gasteiger partial charge in [-0.25, -0.2) is 0 Å². The van der Waals surface area contributed by atoms with E-state index >= 15 is 0 Å². The quantitative estimate of drug-likeness (QED) is 0.712. The molecule has 5 nitrogen and oxygen atoms in total. The van der Waals surface area contributed by atoms with E-state index in [4.69, 9.17) is 9.47 Å². The Kier molecular flexibility index (Phi) is 5.81. The van der Waals surface area contributed by atoms with Crippen molar-refractivity contribution >= 4 is 5.97 Å². The molecule has 2 rings (SSSR count). The lowest BCUT2D eigenvalue weighted by atomic mass is 9.84. The third-order valence-corrected chi connectivity index (χ3v) is 4.60. The Labute approximate surface area is 121 Å². The van der Waals surface area contributed by atoms with Crippen LogP contribution in [-0.2, 0) is 14.3 Å². The van der Waals surface area contributed by atoms with E-state index in [0.29, 0.717) is 13.2 Å². The minimum Gasteiger partial charge on any atom is -0.480 e. The maximum atomic E-state index is 11.7. The monoisotopic (exact) mass is 285 g/mol. The van der Waals surface area contributed by atoms with E-state index in [-0.39, 0.29) is 12.0 Å². The standard InChI is InChI=1S/C15H27NO4/c1-2-8-16-15(14(17)18)7-3-4-12(15)5-10-20-13-6-9-19-11-13/h12-13,16H,2-11H2,1H3,(H,17,18). The Morgan fingerprint density at radius 3 is 3.00 bits per heavy atom. The van der Waals surface area contributed by atoms with E-state index in [9.17, 15) is 9.90 Å². The molecular weight excluding hydrogens is 258 g/mol. The second kappa shape index (κ2) is 7.38. The van der Waals surface area contributed by atoms with Gasteiger partial charge in [0.1, 0.15) is 5.54 Å². The molecule has 1 heterocycles. The van der Waals surface area contributed by atoms with Crippen LogP contribution in [0.2, 0.25) is 0 Å². The van der Waals surface area contributed by atoms with Crippen molar-refractivity contribution < 1.29 is 19.4 Å². The Bertz CT molecular complexity index is 317. The van der Waals surface area contributed by atoms with E-state index in [1.165, 1.54) is 0 Å². The lowest BCUT2D eigenvalue weighted by molar-refractivity contribution is -0.147. The Hall–Kier alpha value is -0.650. The van der Waals surface area contributed by atoms with Crippen LogP contribution in [0.4, 0.5) is 0 Å². The van der Waals surface area contributed by atoms with E-state index in [1.54, 1.807) is 0 Å². The SMILES string of the molecule is CCCNC1(C(=O)O)CCCC1CCOC1CCOC1. The van der Waals surface area contributed by atoms with Crippen molar-refractivity contribution in [3.05, 3.63) is 0 Å². The van der Waals surface area contributed by atoms with Crippen molar-refractivity contribution in [3.63, 3.8) is 0 Å². The second-order valence-electron chi connectivity index (χ2n) is 5.94. The summed E-state index contributed by atoms with van der Waals surface area (Å²) in [5.74, 6) is -0.522. The Morgan fingerprint density at radius 1 is 1.50 bits per heavy atom. The van der Waals surface area contributed by atoms with Crippen LogP contribution in [0.1, 0.15) is 45.4 Å². The van der Waals surface area contributed by atoms with Crippen LogP contribution < -0.4 is 5.32 Å². The molecule has 2 aliphatic rings. The van der Waals surface area contributed by atoms with E-state index in [0.717, 1.165) is 51.7 Å². The normalized spacial score (nSPS) is 33.6. The first-order valence-corrected chi connectivity index (χ1v) is 7.87. The highest BCUT2D eigenvalue weighted by atomic mass is 16.5. The lowest BCUT2D eigenvalue weighted by Crippen LogP contribution is -2.55. The van der Waals surface area contributed by atoms with Crippen LogP contribution in [0, 0.1) is 5.92 Å². The fourth-order valence-electron chi connectivity index (χ4n) is 3.43. The average molecular weight is 285 g/mol. The molecule has 0 amide bonds. The summed E-state index contributed by atoms with van der Waals surface area (Å²) in [4.78, 5) is 11.7. The predicted octanol–water partition coefficient (Wildman–Crippen LogP) is 1.81. The van der Waals surface area contributed by atoms with Crippen molar-refractivity contribution in [2.24, 2.45) is 5.92 Å². The maximum Gasteiger partial charge on any atom is 0.324 e. The third kappa shape index (κ3) is 3.51. The molecule has 1 aliphatic heterocycles. The number of aliphatic carboxylic acids is 1. The smallest absolute Gasteiger partial charge is 0.324 e. The minimum atomic E-state index is -0.731. The Morgan fingerprint density at radius 2 is 2.35 bits per heavy atom. The van der Waals surface area contributed by atoms with Gasteiger partial charge in [-0.05, 0) is 44.6 Å². The number of carboxylic acids is 1. The molecule has 1 aliphatic carbocycles. The van der Waals surface area contributed by atoms with Crippen molar-refractivity contribution in [2.75, 3.05) is 26.4 Å². The molecule has 3 unspecified atom stereocenters. The third-order valence-electron chi connectivity index (χ3n) is 4.60. The lowest BCUT2D eigenvalue weighted by Gasteiger charge is -2.32. The molecule has 0 bridgehead atoms. The summed E-state index contributed by atoms with van der Waals surface area (Å²) in [6, 6.07) is 0. The molecule has 0 spiro atoms. The molecule has 5 heteroatoms. The van der Waals surface area contributed by atoms with Gasteiger partial charge in [0.15, 0.2) is 0 Å². The highest BCUT2D eigenvalue weighted by Crippen LogP contribution is 2.38. The molecule has 0 radical (unpaired) electrons. The van der Waals surface area contributed by atoms with Crippen LogP contribution in [0.5, 0.6) is 0 Å². The zero-order chi connectivity index (χ0) is 14.4. The molecule has 0 aromatic heterocycles. The van der Waals surface area contributed by atoms with Crippen LogP contribution in [0.3, 0.4) is 0 Å². The topological polar surface area (TPSA) is 67.8 Å². The van der Waals surface area contributed by atoms with Crippen molar-refractivity contribution in [3.8, 4) is 0 Å². The average Bonchev–Trinajstić information content (AvgIpc) is 3.06. The minimum absolute atomic E-state index is 0.175. The van der Waals surface area contributed by atoms with Crippen molar-refractivity contribution in [1.29, 1.82) is 0 Å². The zero-order valence-electron chi connectivity index (χ0n) is 12.4. The summed E-state index contributed by atoms with van der Waals surface area (Å²) in [6.07, 6.45) is 5.65. The number of carboxylic acid groups (broad SMARTS) is 1. The largest absolute Gasteiger partial charge is 0.480 e. The van der Waals surface area contributed by atoms with Crippen LogP contribution in [0.15, 0.2) is 0 Å². The van der Waals surface area contributed by atoms with Gasteiger partial charge in [-0.15, -0.1) is 0 Å². The summed E-state index contributed by atoms with van der Waals surface area (Å²) in [7, 11) is 0. The van der Waals surface area contributed by atoms with Gasteiger partial charge >= 0.3 is 5.97 Å². The summed E-state index contributed by atoms with van der Waals surface area (Å²) in [6.45, 7) is 4.94. The number of carbonyl (C=O) groups is 1. The van der Waals surface area contributed by atoms with Gasteiger partial charge in [0, 0.05) is 13.2 Å². The van der Waals surface area contributed by atoms with Gasteiger partial charge in [-0.3, -0.25) is 4.79 Å². The summed E-state index contributed by atoms with van der Waals surface area (Å²) in [5.41, 5.74) is -0.731. The number of hydrogen-bond donors (Lipinski definition) is 2. The first kappa shape index (κ1) is 15.7. The molecule has 2 fully saturated rings. The molecule has 20 heavy (non-hydrogen) atoms. The van der Waals surface area contributed by atoms with Gasteiger partial charge < -0.3 is 19.9 Å². The molecule has 0 aromatic rings. The van der Waals surface area contributed by atoms with E-state index in [2.05, 4.69) is 12.2 Å². The molecular formula is C15H27NO4. The van der Waals surface area contributed by atoms with Crippen molar-refractivity contribution in [1.82, 2.24) is 5.32 Å². The first-order valence-electron chi connectivity index (χ1n) is 7.87. The van der Waals surface area contributed by atoms with Gasteiger partial charge in [-0.1, -0.05) is 13.3 Å². The summed E-state index contributed by atoms with van der Waals surface area (Å²) in [5, 5.41) is 12.9. The Balaban J connectivity index is 1.85. The van der Waals surface area contributed by atoms with Crippen LogP contribution in [-0.4, -0.2) is 49.1 Å². The molecule has 1 saturated heterocycles. The molecule has 3 atom stereocenters. The van der Waals surface area contributed by atoms with Crippen LogP contribution in [0.25, 0.3) is 0 Å². The first-order chi connectivity index (χ1) is 9.69.